The number of benzene rings is 1. The number of H-pyrrole nitrogens is 1. The molecule has 3 heterocycles. The molecule has 0 unspecified atom stereocenters. The van der Waals surface area contributed by atoms with Gasteiger partial charge >= 0.3 is 0 Å². The molecular weight excluding hydrogens is 340 g/mol. The van der Waals surface area contributed by atoms with Gasteiger partial charge in [-0.1, -0.05) is 6.07 Å². The molecule has 6 heteroatoms. The minimum Gasteiger partial charge on any atom is -0.298 e. The Bertz CT molecular complexity index is 824. The molecule has 3 nitrogen and oxygen atoms in total. The summed E-state index contributed by atoms with van der Waals surface area (Å²) in [6.45, 7) is 2.82. The highest BCUT2D eigenvalue weighted by atomic mass is 32.1. The van der Waals surface area contributed by atoms with Crippen LogP contribution in [-0.2, 0) is 6.54 Å². The van der Waals surface area contributed by atoms with Crippen LogP contribution < -0.4 is 0 Å². The Hall–Kier alpha value is -2.05. The van der Waals surface area contributed by atoms with Gasteiger partial charge in [0.1, 0.15) is 11.6 Å². The second-order valence-corrected chi connectivity index (χ2v) is 7.28. The Labute approximate surface area is 149 Å². The maximum Gasteiger partial charge on any atom is 0.134 e. The van der Waals surface area contributed by atoms with Crippen LogP contribution in [0.1, 0.15) is 30.0 Å². The van der Waals surface area contributed by atoms with Crippen molar-refractivity contribution < 1.29 is 8.78 Å². The zero-order valence-electron chi connectivity index (χ0n) is 13.7. The molecule has 1 fully saturated rings. The summed E-state index contributed by atoms with van der Waals surface area (Å²) in [7, 11) is 0. The lowest BCUT2D eigenvalue weighted by Gasteiger charge is -2.32. The summed E-state index contributed by atoms with van der Waals surface area (Å²) in [6.07, 6.45) is 3.59. The minimum atomic E-state index is -0.548. The van der Waals surface area contributed by atoms with Crippen LogP contribution in [-0.4, -0.2) is 28.2 Å². The van der Waals surface area contributed by atoms with Crippen LogP contribution in [0.15, 0.2) is 41.2 Å². The van der Waals surface area contributed by atoms with Gasteiger partial charge < -0.3 is 0 Å². The lowest BCUT2D eigenvalue weighted by molar-refractivity contribution is 0.199. The number of nitrogens with zero attached hydrogens (tertiary/aromatic N) is 2. The van der Waals surface area contributed by atoms with E-state index in [0.717, 1.165) is 38.2 Å². The Morgan fingerprint density at radius 2 is 2.08 bits per heavy atom. The zero-order chi connectivity index (χ0) is 17.2. The first-order valence-corrected chi connectivity index (χ1v) is 9.37. The Morgan fingerprint density at radius 3 is 2.84 bits per heavy atom. The molecular formula is C19H19F2N3S. The van der Waals surface area contributed by atoms with Gasteiger partial charge in [0.05, 0.1) is 11.8 Å². The summed E-state index contributed by atoms with van der Waals surface area (Å²) < 4.78 is 28.4. The Morgan fingerprint density at radius 1 is 1.24 bits per heavy atom. The highest BCUT2D eigenvalue weighted by molar-refractivity contribution is 7.07. The number of thiophene rings is 1. The predicted octanol–water partition coefficient (Wildman–Crippen LogP) is 4.80. The van der Waals surface area contributed by atoms with Crippen LogP contribution >= 0.6 is 11.3 Å². The number of hydrogen-bond acceptors (Lipinski definition) is 3. The number of rotatable bonds is 4. The van der Waals surface area contributed by atoms with Crippen molar-refractivity contribution in [1.82, 2.24) is 15.1 Å². The topological polar surface area (TPSA) is 31.9 Å². The minimum absolute atomic E-state index is 0.0150. The third-order valence-corrected chi connectivity index (χ3v) is 5.53. The molecule has 3 aromatic rings. The molecule has 0 aliphatic carbocycles. The molecule has 1 aliphatic heterocycles. The summed E-state index contributed by atoms with van der Waals surface area (Å²) in [4.78, 5) is 2.40. The SMILES string of the molecule is Fc1cccc(F)c1-c1cn[nH]c1[C@@H]1CCCN(Cc2ccsc2)C1. The fourth-order valence-electron chi connectivity index (χ4n) is 3.64. The number of aromatic nitrogens is 2. The second kappa shape index (κ2) is 7.06. The van der Waals surface area contributed by atoms with E-state index < -0.39 is 11.6 Å². The van der Waals surface area contributed by atoms with Gasteiger partial charge in [-0.15, -0.1) is 0 Å². The number of nitrogens with one attached hydrogen (secondary N) is 1. The van der Waals surface area contributed by atoms with E-state index in [2.05, 4.69) is 31.9 Å². The average Bonchev–Trinajstić information content (AvgIpc) is 3.27. The molecule has 1 N–H and O–H groups in total. The molecule has 130 valence electrons. The molecule has 1 aromatic carbocycles. The summed E-state index contributed by atoms with van der Waals surface area (Å²) in [5.41, 5.74) is 2.70. The number of aromatic amines is 1. The molecule has 1 aliphatic rings. The van der Waals surface area contributed by atoms with Gasteiger partial charge in [-0.25, -0.2) is 8.78 Å². The van der Waals surface area contributed by atoms with Crippen LogP contribution in [0.3, 0.4) is 0 Å². The maximum absolute atomic E-state index is 14.2. The number of piperidine rings is 1. The first-order valence-electron chi connectivity index (χ1n) is 8.43. The van der Waals surface area contributed by atoms with Gasteiger partial charge in [0.25, 0.3) is 0 Å². The van der Waals surface area contributed by atoms with Crippen molar-refractivity contribution in [3.63, 3.8) is 0 Å². The van der Waals surface area contributed by atoms with E-state index >= 15 is 0 Å². The molecule has 0 bridgehead atoms. The summed E-state index contributed by atoms with van der Waals surface area (Å²) in [5.74, 6) is -0.897. The largest absolute Gasteiger partial charge is 0.298 e. The third-order valence-electron chi connectivity index (χ3n) is 4.80. The second-order valence-electron chi connectivity index (χ2n) is 6.50. The first kappa shape index (κ1) is 16.4. The van der Waals surface area contributed by atoms with Crippen LogP contribution in [0, 0.1) is 11.6 Å². The molecule has 0 amide bonds. The van der Waals surface area contributed by atoms with Crippen molar-refractivity contribution >= 4 is 11.3 Å². The van der Waals surface area contributed by atoms with Crippen molar-refractivity contribution in [2.75, 3.05) is 13.1 Å². The molecule has 4 rings (SSSR count). The van der Waals surface area contributed by atoms with Gasteiger partial charge in [0.2, 0.25) is 0 Å². The van der Waals surface area contributed by atoms with Crippen LogP contribution in [0.5, 0.6) is 0 Å². The van der Waals surface area contributed by atoms with Crippen molar-refractivity contribution in [1.29, 1.82) is 0 Å². The number of halogens is 2. The van der Waals surface area contributed by atoms with Gasteiger partial charge in [0.15, 0.2) is 0 Å². The van der Waals surface area contributed by atoms with E-state index in [1.807, 2.05) is 0 Å². The van der Waals surface area contributed by atoms with Crippen molar-refractivity contribution in [3.8, 4) is 11.1 Å². The summed E-state index contributed by atoms with van der Waals surface area (Å²) >= 11 is 1.70. The maximum atomic E-state index is 14.2. The summed E-state index contributed by atoms with van der Waals surface area (Å²) in [6, 6.07) is 6.11. The van der Waals surface area contributed by atoms with Crippen molar-refractivity contribution in [2.45, 2.75) is 25.3 Å². The Kier molecular flexibility index (Phi) is 4.63. The monoisotopic (exact) mass is 359 g/mol. The van der Waals surface area contributed by atoms with E-state index in [9.17, 15) is 8.78 Å². The molecule has 0 saturated carbocycles. The third kappa shape index (κ3) is 3.37. The predicted molar refractivity (Wildman–Crippen MR) is 95.5 cm³/mol. The number of likely N-dealkylation sites (tertiary alicyclic amines) is 1. The van der Waals surface area contributed by atoms with E-state index in [1.165, 1.54) is 30.0 Å². The van der Waals surface area contributed by atoms with Crippen LogP contribution in [0.2, 0.25) is 0 Å². The fraction of sp³-hybridized carbons (Fsp3) is 0.316. The van der Waals surface area contributed by atoms with Crippen molar-refractivity contribution in [3.05, 3.63) is 64.1 Å². The van der Waals surface area contributed by atoms with Gasteiger partial charge in [-0.2, -0.15) is 16.4 Å². The van der Waals surface area contributed by atoms with E-state index in [1.54, 1.807) is 11.3 Å². The highest BCUT2D eigenvalue weighted by Crippen LogP contribution is 2.35. The smallest absolute Gasteiger partial charge is 0.134 e. The molecule has 0 radical (unpaired) electrons. The molecule has 2 aromatic heterocycles. The van der Waals surface area contributed by atoms with E-state index in [-0.39, 0.29) is 11.5 Å². The summed E-state index contributed by atoms with van der Waals surface area (Å²) in [5, 5.41) is 11.3. The zero-order valence-corrected chi connectivity index (χ0v) is 14.5. The van der Waals surface area contributed by atoms with Gasteiger partial charge in [0, 0.05) is 30.3 Å². The molecule has 25 heavy (non-hydrogen) atoms. The molecule has 0 spiro atoms. The fourth-order valence-corrected chi connectivity index (χ4v) is 4.30. The Balaban J connectivity index is 1.59. The lowest BCUT2D eigenvalue weighted by atomic mass is 9.90. The molecule has 1 saturated heterocycles. The lowest BCUT2D eigenvalue weighted by Crippen LogP contribution is -2.34. The van der Waals surface area contributed by atoms with Crippen LogP contribution in [0.25, 0.3) is 11.1 Å². The average molecular weight is 359 g/mol. The highest BCUT2D eigenvalue weighted by Gasteiger charge is 2.27. The van der Waals surface area contributed by atoms with Crippen LogP contribution in [0.4, 0.5) is 8.78 Å². The standard InChI is InChI=1S/C19H19F2N3S/c20-16-4-1-5-17(21)18(16)15-9-22-23-19(15)14-3-2-7-24(11-14)10-13-6-8-25-12-13/h1,4-6,8-9,12,14H,2-3,7,10-11H2,(H,22,23)/t14-/m1/s1. The number of hydrogen-bond donors (Lipinski definition) is 1. The molecule has 1 atom stereocenters. The quantitative estimate of drug-likeness (QED) is 0.726. The van der Waals surface area contributed by atoms with E-state index in [0.29, 0.717) is 5.56 Å². The normalized spacial score (nSPS) is 18.6. The first-order chi connectivity index (χ1) is 12.2. The van der Waals surface area contributed by atoms with Gasteiger partial charge in [-0.05, 0) is 53.9 Å². The van der Waals surface area contributed by atoms with Crippen molar-refractivity contribution in [2.24, 2.45) is 0 Å². The van der Waals surface area contributed by atoms with Gasteiger partial charge in [-0.3, -0.25) is 10.00 Å². The van der Waals surface area contributed by atoms with E-state index in [4.69, 9.17) is 0 Å².